The lowest BCUT2D eigenvalue weighted by atomic mass is 10.2. The Morgan fingerprint density at radius 2 is 2.31 bits per heavy atom. The number of carbonyl (C=O) groups excluding carboxylic acids is 1. The van der Waals surface area contributed by atoms with Crippen LogP contribution in [-0.2, 0) is 11.2 Å². The van der Waals surface area contributed by atoms with Crippen molar-refractivity contribution in [2.75, 3.05) is 7.11 Å². The third-order valence-corrected chi connectivity index (χ3v) is 1.75. The Balaban J connectivity index is 3.05. The number of aromatic nitrogens is 2. The first-order valence-electron chi connectivity index (χ1n) is 4.09. The van der Waals surface area contributed by atoms with E-state index in [1.54, 1.807) is 6.92 Å². The lowest BCUT2D eigenvalue weighted by molar-refractivity contribution is 0.0598. The Morgan fingerprint density at radius 1 is 1.62 bits per heavy atom. The zero-order chi connectivity index (χ0) is 9.84. The molecule has 0 spiro atoms. The topological polar surface area (TPSA) is 52.1 Å². The van der Waals surface area contributed by atoms with Gasteiger partial charge in [0, 0.05) is 12.6 Å². The van der Waals surface area contributed by atoms with Crippen LogP contribution in [0.1, 0.15) is 28.8 Å². The van der Waals surface area contributed by atoms with E-state index >= 15 is 0 Å². The third kappa shape index (κ3) is 2.02. The molecule has 1 aromatic rings. The summed E-state index contributed by atoms with van der Waals surface area (Å²) in [5, 5.41) is 0. The van der Waals surface area contributed by atoms with E-state index in [2.05, 4.69) is 14.7 Å². The first-order valence-corrected chi connectivity index (χ1v) is 4.09. The molecule has 0 unspecified atom stereocenters. The van der Waals surface area contributed by atoms with Crippen LogP contribution in [0.3, 0.4) is 0 Å². The summed E-state index contributed by atoms with van der Waals surface area (Å²) in [4.78, 5) is 19.3. The minimum atomic E-state index is -0.389. The summed E-state index contributed by atoms with van der Waals surface area (Å²) >= 11 is 0. The van der Waals surface area contributed by atoms with Gasteiger partial charge in [-0.2, -0.15) is 0 Å². The highest BCUT2D eigenvalue weighted by Crippen LogP contribution is 2.05. The van der Waals surface area contributed by atoms with E-state index < -0.39 is 0 Å². The van der Waals surface area contributed by atoms with E-state index in [1.165, 1.54) is 13.3 Å². The first kappa shape index (κ1) is 9.64. The number of carbonyl (C=O) groups is 1. The summed E-state index contributed by atoms with van der Waals surface area (Å²) in [5.74, 6) is 0.352. The van der Waals surface area contributed by atoms with Crippen LogP contribution in [0, 0.1) is 6.92 Å². The van der Waals surface area contributed by atoms with E-state index in [4.69, 9.17) is 0 Å². The minimum Gasteiger partial charge on any atom is -0.465 e. The van der Waals surface area contributed by atoms with Crippen LogP contribution < -0.4 is 0 Å². The molecule has 0 saturated heterocycles. The number of hydrogen-bond acceptors (Lipinski definition) is 4. The fraction of sp³-hybridized carbons (Fsp3) is 0.444. The van der Waals surface area contributed by atoms with Crippen molar-refractivity contribution in [3.05, 3.63) is 23.3 Å². The van der Waals surface area contributed by atoms with Gasteiger partial charge >= 0.3 is 5.97 Å². The van der Waals surface area contributed by atoms with Crippen molar-refractivity contribution >= 4 is 5.97 Å². The van der Waals surface area contributed by atoms with E-state index in [0.717, 1.165) is 12.2 Å². The summed E-state index contributed by atoms with van der Waals surface area (Å²) in [7, 11) is 1.34. The summed E-state index contributed by atoms with van der Waals surface area (Å²) in [5.41, 5.74) is 1.10. The lowest BCUT2D eigenvalue weighted by Gasteiger charge is -2.03. The van der Waals surface area contributed by atoms with Gasteiger partial charge in [-0.15, -0.1) is 0 Å². The van der Waals surface area contributed by atoms with Gasteiger partial charge in [0.15, 0.2) is 0 Å². The summed E-state index contributed by atoms with van der Waals surface area (Å²) < 4.78 is 4.57. The highest BCUT2D eigenvalue weighted by Gasteiger charge is 2.10. The smallest absolute Gasteiger partial charge is 0.341 e. The van der Waals surface area contributed by atoms with Gasteiger partial charge in [-0.05, 0) is 6.92 Å². The molecular weight excluding hydrogens is 168 g/mol. The van der Waals surface area contributed by atoms with Crippen molar-refractivity contribution in [3.63, 3.8) is 0 Å². The van der Waals surface area contributed by atoms with Gasteiger partial charge in [0.25, 0.3) is 0 Å². The molecule has 70 valence electrons. The molecular formula is C9H12N2O2. The largest absolute Gasteiger partial charge is 0.465 e. The molecule has 0 aliphatic carbocycles. The monoisotopic (exact) mass is 180 g/mol. The van der Waals surface area contributed by atoms with Crippen molar-refractivity contribution in [3.8, 4) is 0 Å². The predicted molar refractivity (Wildman–Crippen MR) is 47.5 cm³/mol. The van der Waals surface area contributed by atoms with Crippen molar-refractivity contribution in [2.24, 2.45) is 0 Å². The molecule has 0 N–H and O–H groups in total. The maximum Gasteiger partial charge on any atom is 0.341 e. The lowest BCUT2D eigenvalue weighted by Crippen LogP contribution is -2.08. The van der Waals surface area contributed by atoms with Crippen LogP contribution in [0.25, 0.3) is 0 Å². The van der Waals surface area contributed by atoms with Crippen LogP contribution in [0.5, 0.6) is 0 Å². The molecule has 0 bridgehead atoms. The minimum absolute atomic E-state index is 0.389. The van der Waals surface area contributed by atoms with E-state index in [0.29, 0.717) is 11.3 Å². The average Bonchev–Trinajstić information content (AvgIpc) is 2.16. The number of hydrogen-bond donors (Lipinski definition) is 0. The highest BCUT2D eigenvalue weighted by molar-refractivity contribution is 5.89. The second kappa shape index (κ2) is 3.98. The molecule has 0 atom stereocenters. The third-order valence-electron chi connectivity index (χ3n) is 1.75. The first-order chi connectivity index (χ1) is 6.19. The molecule has 0 aliphatic rings. The molecule has 0 amide bonds. The number of rotatable bonds is 2. The fourth-order valence-electron chi connectivity index (χ4n) is 0.996. The SMILES string of the molecule is CCc1ncc(C(=O)OC)c(C)n1. The van der Waals surface area contributed by atoms with Crippen LogP contribution in [0.15, 0.2) is 6.20 Å². The van der Waals surface area contributed by atoms with Crippen LogP contribution in [-0.4, -0.2) is 23.0 Å². The van der Waals surface area contributed by atoms with Gasteiger partial charge in [0.1, 0.15) is 5.82 Å². The molecule has 1 rings (SSSR count). The standard InChI is InChI=1S/C9H12N2O2/c1-4-8-10-5-7(6(2)11-8)9(12)13-3/h5H,4H2,1-3H3. The Bertz CT molecular complexity index is 323. The Hall–Kier alpha value is -1.45. The normalized spacial score (nSPS) is 9.77. The van der Waals surface area contributed by atoms with E-state index in [1.807, 2.05) is 6.92 Å². The number of nitrogens with zero attached hydrogens (tertiary/aromatic N) is 2. The van der Waals surface area contributed by atoms with Crippen molar-refractivity contribution < 1.29 is 9.53 Å². The van der Waals surface area contributed by atoms with Gasteiger partial charge in [-0.1, -0.05) is 6.92 Å². The molecule has 0 aliphatic heterocycles. The Kier molecular flexibility index (Phi) is 2.95. The molecule has 0 aromatic carbocycles. The highest BCUT2D eigenvalue weighted by atomic mass is 16.5. The van der Waals surface area contributed by atoms with Crippen LogP contribution in [0.2, 0.25) is 0 Å². The molecule has 13 heavy (non-hydrogen) atoms. The van der Waals surface area contributed by atoms with Gasteiger partial charge in [-0.25, -0.2) is 14.8 Å². The molecule has 1 heterocycles. The summed E-state index contributed by atoms with van der Waals surface area (Å²) in [6.07, 6.45) is 2.27. The van der Waals surface area contributed by atoms with E-state index in [-0.39, 0.29) is 5.97 Å². The second-order valence-electron chi connectivity index (χ2n) is 2.63. The zero-order valence-electron chi connectivity index (χ0n) is 8.00. The van der Waals surface area contributed by atoms with E-state index in [9.17, 15) is 4.79 Å². The van der Waals surface area contributed by atoms with Crippen LogP contribution >= 0.6 is 0 Å². The van der Waals surface area contributed by atoms with Crippen molar-refractivity contribution in [1.29, 1.82) is 0 Å². The average molecular weight is 180 g/mol. The number of aryl methyl sites for hydroxylation is 2. The maximum atomic E-state index is 11.1. The fourth-order valence-corrected chi connectivity index (χ4v) is 0.996. The van der Waals surface area contributed by atoms with Crippen molar-refractivity contribution in [2.45, 2.75) is 20.3 Å². The van der Waals surface area contributed by atoms with Gasteiger partial charge in [-0.3, -0.25) is 0 Å². The summed E-state index contributed by atoms with van der Waals surface area (Å²) in [6, 6.07) is 0. The van der Waals surface area contributed by atoms with Crippen molar-refractivity contribution in [1.82, 2.24) is 9.97 Å². The van der Waals surface area contributed by atoms with Gasteiger partial charge < -0.3 is 4.74 Å². The maximum absolute atomic E-state index is 11.1. The number of ether oxygens (including phenoxy) is 1. The molecule has 4 nitrogen and oxygen atoms in total. The predicted octanol–water partition coefficient (Wildman–Crippen LogP) is 1.13. The zero-order valence-corrected chi connectivity index (χ0v) is 8.00. The molecule has 0 saturated carbocycles. The molecule has 0 fully saturated rings. The number of methoxy groups -OCH3 is 1. The molecule has 0 radical (unpaired) electrons. The van der Waals surface area contributed by atoms with Gasteiger partial charge in [0.2, 0.25) is 0 Å². The van der Waals surface area contributed by atoms with Gasteiger partial charge in [0.05, 0.1) is 18.4 Å². The molecule has 1 aromatic heterocycles. The Morgan fingerprint density at radius 3 is 2.77 bits per heavy atom. The van der Waals surface area contributed by atoms with Crippen LogP contribution in [0.4, 0.5) is 0 Å². The quantitative estimate of drug-likeness (QED) is 0.640. The molecule has 4 heteroatoms. The summed E-state index contributed by atoms with van der Waals surface area (Å²) in [6.45, 7) is 3.74. The Labute approximate surface area is 77.0 Å². The second-order valence-corrected chi connectivity index (χ2v) is 2.63. The number of esters is 1.